The van der Waals surface area contributed by atoms with Crippen LogP contribution in [0, 0.1) is 0 Å². The van der Waals surface area contributed by atoms with Crippen molar-refractivity contribution in [2.24, 2.45) is 0 Å². The van der Waals surface area contributed by atoms with E-state index in [1.165, 1.54) is 15.7 Å². The summed E-state index contributed by atoms with van der Waals surface area (Å²) in [6, 6.07) is 1.08. The molecular weight excluding hydrogens is 164 g/mol. The lowest BCUT2D eigenvalue weighted by Crippen LogP contribution is -2.09. The zero-order valence-electron chi connectivity index (χ0n) is 5.39. The van der Waals surface area contributed by atoms with Gasteiger partial charge in [0, 0.05) is 11.6 Å². The summed E-state index contributed by atoms with van der Waals surface area (Å²) >= 11 is 1.31. The van der Waals surface area contributed by atoms with Gasteiger partial charge in [-0.25, -0.2) is 0 Å². The molecule has 56 valence electrons. The SMILES string of the molecule is O=c1cc(O)nc2sccn12. The van der Waals surface area contributed by atoms with Gasteiger partial charge >= 0.3 is 0 Å². The molecule has 2 heterocycles. The van der Waals surface area contributed by atoms with Gasteiger partial charge < -0.3 is 5.11 Å². The monoisotopic (exact) mass is 168 g/mol. The van der Waals surface area contributed by atoms with Crippen LogP contribution in [-0.2, 0) is 0 Å². The number of aromatic nitrogens is 2. The molecule has 2 aromatic rings. The van der Waals surface area contributed by atoms with E-state index < -0.39 is 0 Å². The summed E-state index contributed by atoms with van der Waals surface area (Å²) in [6.45, 7) is 0. The number of rotatable bonds is 0. The minimum Gasteiger partial charge on any atom is -0.493 e. The molecule has 1 N–H and O–H groups in total. The highest BCUT2D eigenvalue weighted by molar-refractivity contribution is 7.15. The molecule has 0 aliphatic rings. The van der Waals surface area contributed by atoms with Crippen molar-refractivity contribution in [2.45, 2.75) is 0 Å². The van der Waals surface area contributed by atoms with Gasteiger partial charge in [-0.2, -0.15) is 4.98 Å². The van der Waals surface area contributed by atoms with Crippen molar-refractivity contribution in [3.63, 3.8) is 0 Å². The van der Waals surface area contributed by atoms with Crippen molar-refractivity contribution < 1.29 is 5.11 Å². The van der Waals surface area contributed by atoms with E-state index >= 15 is 0 Å². The zero-order chi connectivity index (χ0) is 7.84. The van der Waals surface area contributed by atoms with Gasteiger partial charge in [0.05, 0.1) is 6.07 Å². The Bertz CT molecular complexity index is 445. The predicted octanol–water partition coefficient (Wildman–Crippen LogP) is 0.462. The number of thiazole rings is 1. The molecule has 0 saturated carbocycles. The largest absolute Gasteiger partial charge is 0.493 e. The molecule has 0 saturated heterocycles. The van der Waals surface area contributed by atoms with Crippen LogP contribution in [0.1, 0.15) is 0 Å². The highest BCUT2D eigenvalue weighted by atomic mass is 32.1. The van der Waals surface area contributed by atoms with Gasteiger partial charge in [-0.1, -0.05) is 0 Å². The maximum atomic E-state index is 11.0. The minimum absolute atomic E-state index is 0.225. The molecule has 0 atom stereocenters. The van der Waals surface area contributed by atoms with Crippen LogP contribution in [-0.4, -0.2) is 14.5 Å². The van der Waals surface area contributed by atoms with Gasteiger partial charge in [0.15, 0.2) is 4.96 Å². The summed E-state index contributed by atoms with van der Waals surface area (Å²) in [7, 11) is 0. The Morgan fingerprint density at radius 1 is 1.64 bits per heavy atom. The van der Waals surface area contributed by atoms with Crippen molar-refractivity contribution in [3.05, 3.63) is 28.0 Å². The molecule has 0 aromatic carbocycles. The van der Waals surface area contributed by atoms with E-state index in [1.54, 1.807) is 11.6 Å². The molecular formula is C6H4N2O2S. The molecule has 0 aliphatic heterocycles. The number of hydrogen-bond donors (Lipinski definition) is 1. The lowest BCUT2D eigenvalue weighted by molar-refractivity contribution is 0.453. The summed E-state index contributed by atoms with van der Waals surface area (Å²) in [5.41, 5.74) is -0.256. The lowest BCUT2D eigenvalue weighted by atomic mass is 10.6. The summed E-state index contributed by atoms with van der Waals surface area (Å²) < 4.78 is 1.38. The second-order valence-corrected chi connectivity index (χ2v) is 2.88. The van der Waals surface area contributed by atoms with Crippen molar-refractivity contribution in [1.82, 2.24) is 9.38 Å². The molecule has 2 rings (SSSR count). The Morgan fingerprint density at radius 3 is 3.27 bits per heavy atom. The summed E-state index contributed by atoms with van der Waals surface area (Å²) in [5, 5.41) is 10.7. The third-order valence-electron chi connectivity index (χ3n) is 1.29. The molecule has 4 nitrogen and oxygen atoms in total. The molecule has 0 radical (unpaired) electrons. The van der Waals surface area contributed by atoms with Gasteiger partial charge in [-0.05, 0) is 0 Å². The zero-order valence-corrected chi connectivity index (χ0v) is 6.21. The molecule has 0 fully saturated rings. The van der Waals surface area contributed by atoms with Gasteiger partial charge in [0.25, 0.3) is 5.56 Å². The van der Waals surface area contributed by atoms with Crippen LogP contribution in [0.5, 0.6) is 5.88 Å². The van der Waals surface area contributed by atoms with Crippen LogP contribution >= 0.6 is 11.3 Å². The van der Waals surface area contributed by atoms with Gasteiger partial charge in [0.2, 0.25) is 5.88 Å². The van der Waals surface area contributed by atoms with Crippen LogP contribution in [0.4, 0.5) is 0 Å². The first-order chi connectivity index (χ1) is 5.27. The quantitative estimate of drug-likeness (QED) is 0.621. The van der Waals surface area contributed by atoms with Crippen molar-refractivity contribution in [2.75, 3.05) is 0 Å². The van der Waals surface area contributed by atoms with Crippen LogP contribution in [0.3, 0.4) is 0 Å². The Morgan fingerprint density at radius 2 is 2.45 bits per heavy atom. The highest BCUT2D eigenvalue weighted by Gasteiger charge is 1.99. The number of aromatic hydroxyl groups is 1. The fourth-order valence-electron chi connectivity index (χ4n) is 0.831. The first kappa shape index (κ1) is 6.36. The van der Waals surface area contributed by atoms with E-state index in [1.807, 2.05) is 0 Å². The molecule has 0 amide bonds. The molecule has 0 spiro atoms. The maximum absolute atomic E-state index is 11.0. The summed E-state index contributed by atoms with van der Waals surface area (Å²) in [6.07, 6.45) is 1.62. The Labute approximate surface area is 65.4 Å². The summed E-state index contributed by atoms with van der Waals surface area (Å²) in [4.78, 5) is 15.3. The van der Waals surface area contributed by atoms with E-state index in [0.29, 0.717) is 4.96 Å². The number of hydrogen-bond acceptors (Lipinski definition) is 4. The minimum atomic E-state index is -0.256. The fourth-order valence-corrected chi connectivity index (χ4v) is 1.55. The number of fused-ring (bicyclic) bond motifs is 1. The van der Waals surface area contributed by atoms with Crippen LogP contribution < -0.4 is 5.56 Å². The van der Waals surface area contributed by atoms with E-state index in [4.69, 9.17) is 5.11 Å². The van der Waals surface area contributed by atoms with Crippen LogP contribution in [0.2, 0.25) is 0 Å². The summed E-state index contributed by atoms with van der Waals surface area (Å²) in [5.74, 6) is -0.225. The molecule has 5 heteroatoms. The van der Waals surface area contributed by atoms with E-state index in [2.05, 4.69) is 4.98 Å². The normalized spacial score (nSPS) is 10.5. The highest BCUT2D eigenvalue weighted by Crippen LogP contribution is 2.08. The topological polar surface area (TPSA) is 54.6 Å². The average molecular weight is 168 g/mol. The molecule has 2 aromatic heterocycles. The van der Waals surface area contributed by atoms with Crippen molar-refractivity contribution >= 4 is 16.3 Å². The first-order valence-electron chi connectivity index (χ1n) is 2.93. The second-order valence-electron chi connectivity index (χ2n) is 2.01. The maximum Gasteiger partial charge on any atom is 0.262 e. The Hall–Kier alpha value is -1.36. The smallest absolute Gasteiger partial charge is 0.262 e. The molecule has 11 heavy (non-hydrogen) atoms. The van der Waals surface area contributed by atoms with Gasteiger partial charge in [0.1, 0.15) is 0 Å². The Balaban J connectivity index is 3.02. The van der Waals surface area contributed by atoms with Crippen molar-refractivity contribution in [3.8, 4) is 5.88 Å². The molecule has 0 unspecified atom stereocenters. The third kappa shape index (κ3) is 0.894. The van der Waals surface area contributed by atoms with Gasteiger partial charge in [-0.15, -0.1) is 11.3 Å². The standard InChI is InChI=1S/C6H4N2O2S/c9-4-3-5(10)8-1-2-11-6(8)7-4/h1-3,9H. The van der Waals surface area contributed by atoms with Crippen LogP contribution in [0.25, 0.3) is 4.96 Å². The van der Waals surface area contributed by atoms with Gasteiger partial charge in [-0.3, -0.25) is 9.20 Å². The molecule has 0 aliphatic carbocycles. The molecule has 0 bridgehead atoms. The number of nitrogens with zero attached hydrogens (tertiary/aromatic N) is 2. The first-order valence-corrected chi connectivity index (χ1v) is 3.81. The third-order valence-corrected chi connectivity index (χ3v) is 2.05. The lowest BCUT2D eigenvalue weighted by Gasteiger charge is -1.90. The Kier molecular flexibility index (Phi) is 1.19. The predicted molar refractivity (Wildman–Crippen MR) is 41.0 cm³/mol. The van der Waals surface area contributed by atoms with E-state index in [0.717, 1.165) is 6.07 Å². The van der Waals surface area contributed by atoms with Crippen molar-refractivity contribution in [1.29, 1.82) is 0 Å². The van der Waals surface area contributed by atoms with Crippen LogP contribution in [0.15, 0.2) is 22.4 Å². The van der Waals surface area contributed by atoms with E-state index in [-0.39, 0.29) is 11.4 Å². The fraction of sp³-hybridized carbons (Fsp3) is 0. The average Bonchev–Trinajstić information content (AvgIpc) is 2.34. The second kappa shape index (κ2) is 2.06. The van der Waals surface area contributed by atoms with E-state index in [9.17, 15) is 4.79 Å².